The van der Waals surface area contributed by atoms with Gasteiger partial charge in [-0.1, -0.05) is 74.0 Å². The first-order valence-corrected chi connectivity index (χ1v) is 15.1. The number of nitrogens with zero attached hydrogens (tertiary/aromatic N) is 1. The van der Waals surface area contributed by atoms with Crippen LogP contribution in [0.4, 0.5) is 0 Å². The number of esters is 1. The summed E-state index contributed by atoms with van der Waals surface area (Å²) < 4.78 is 5.41. The Morgan fingerprint density at radius 1 is 0.974 bits per heavy atom. The monoisotopic (exact) mass is 535 g/mol. The van der Waals surface area contributed by atoms with Gasteiger partial charge in [0, 0.05) is 16.7 Å². The van der Waals surface area contributed by atoms with Crippen LogP contribution in [-0.2, 0) is 19.1 Å². The number of carbonyl (C=O) groups is 3. The third-order valence-corrected chi connectivity index (χ3v) is 12.5. The van der Waals surface area contributed by atoms with E-state index in [4.69, 9.17) is 4.74 Å². The van der Waals surface area contributed by atoms with Crippen molar-refractivity contribution >= 4 is 17.5 Å². The number of allylic oxidation sites excluding steroid dienone is 4. The molecule has 5 rings (SSSR count). The van der Waals surface area contributed by atoms with Gasteiger partial charge in [0.1, 0.15) is 6.07 Å². The predicted octanol–water partition coefficient (Wildman–Crippen LogP) is 7.41. The van der Waals surface area contributed by atoms with Crippen LogP contribution in [0.2, 0.25) is 0 Å². The molecule has 0 heterocycles. The number of nitriles is 1. The van der Waals surface area contributed by atoms with Crippen LogP contribution >= 0.6 is 0 Å². The van der Waals surface area contributed by atoms with E-state index in [2.05, 4.69) is 40.7 Å². The van der Waals surface area contributed by atoms with E-state index in [9.17, 15) is 19.6 Å². The molecule has 0 N–H and O–H groups in total. The number of rotatable bonds is 1. The molecular weight excluding hydrogens is 486 g/mol. The van der Waals surface area contributed by atoms with E-state index in [0.717, 1.165) is 50.5 Å². The van der Waals surface area contributed by atoms with Gasteiger partial charge in [-0.2, -0.15) is 5.26 Å². The maximum absolute atomic E-state index is 14.4. The molecule has 0 bridgehead atoms. The van der Waals surface area contributed by atoms with E-state index in [1.165, 1.54) is 7.11 Å². The van der Waals surface area contributed by atoms with Crippen molar-refractivity contribution in [2.24, 2.45) is 50.2 Å². The average Bonchev–Trinajstić information content (AvgIpc) is 2.88. The fourth-order valence-electron chi connectivity index (χ4n) is 10.2. The van der Waals surface area contributed by atoms with E-state index in [1.54, 1.807) is 0 Å². The third-order valence-electron chi connectivity index (χ3n) is 12.5. The lowest BCUT2D eigenvalue weighted by Gasteiger charge is -2.68. The number of hydrogen-bond acceptors (Lipinski definition) is 5. The minimum Gasteiger partial charge on any atom is -0.469 e. The van der Waals surface area contributed by atoms with Gasteiger partial charge >= 0.3 is 5.97 Å². The Kier molecular flexibility index (Phi) is 6.98. The zero-order valence-corrected chi connectivity index (χ0v) is 25.9. The lowest BCUT2D eigenvalue weighted by Crippen LogP contribution is -2.65. The largest absolute Gasteiger partial charge is 0.469 e. The lowest BCUT2D eigenvalue weighted by atomic mass is 9.34. The van der Waals surface area contributed by atoms with E-state index < -0.39 is 16.2 Å². The van der Waals surface area contributed by atoms with Gasteiger partial charge in [0.15, 0.2) is 11.6 Å². The number of carbonyl (C=O) groups excluding carboxylic acids is 3. The molecule has 5 heteroatoms. The van der Waals surface area contributed by atoms with Gasteiger partial charge in [-0.3, -0.25) is 14.4 Å². The molecule has 0 radical (unpaired) electrons. The molecular formula is C34H49NO4. The first kappa shape index (κ1) is 29.8. The smallest absolute Gasteiger partial charge is 0.312 e. The number of Topliss-reactive ketones (excluding diaryl/α,β-unsaturated/α-hetero) is 1. The zero-order chi connectivity index (χ0) is 29.4. The summed E-state index contributed by atoms with van der Waals surface area (Å²) in [4.78, 5) is 40.9. The average molecular weight is 536 g/mol. The van der Waals surface area contributed by atoms with Gasteiger partial charge in [0.2, 0.25) is 0 Å². The minimum absolute atomic E-state index is 0.0308. The summed E-state index contributed by atoms with van der Waals surface area (Å²) in [6, 6.07) is 2.17. The second kappa shape index (κ2) is 9.15. The normalized spacial score (nSPS) is 43.5. The number of ether oxygens (including phenoxy) is 1. The van der Waals surface area contributed by atoms with Crippen LogP contribution in [0.25, 0.3) is 0 Å². The second-order valence-corrected chi connectivity index (χ2v) is 14.9. The first-order valence-electron chi connectivity index (χ1n) is 15.1. The quantitative estimate of drug-likeness (QED) is 0.327. The van der Waals surface area contributed by atoms with Crippen LogP contribution in [0, 0.1) is 61.6 Å². The molecule has 214 valence electrons. The van der Waals surface area contributed by atoms with Gasteiger partial charge < -0.3 is 4.74 Å². The van der Waals surface area contributed by atoms with Crippen molar-refractivity contribution in [2.75, 3.05) is 7.11 Å². The molecule has 0 spiro atoms. The molecule has 0 aliphatic heterocycles. The minimum atomic E-state index is -0.669. The summed E-state index contributed by atoms with van der Waals surface area (Å²) in [7, 11) is 1.48. The first-order chi connectivity index (χ1) is 18.0. The Hall–Kier alpha value is -2.22. The molecule has 7 atom stereocenters. The van der Waals surface area contributed by atoms with Crippen LogP contribution in [-0.4, -0.2) is 24.6 Å². The number of hydrogen-bond donors (Lipinski definition) is 0. The van der Waals surface area contributed by atoms with Crippen LogP contribution in [0.1, 0.15) is 107 Å². The van der Waals surface area contributed by atoms with Crippen LogP contribution in [0.15, 0.2) is 23.3 Å². The summed E-state index contributed by atoms with van der Waals surface area (Å²) in [6.07, 6.45) is 9.65. The molecule has 5 aliphatic rings. The van der Waals surface area contributed by atoms with E-state index >= 15 is 0 Å². The molecule has 0 aromatic rings. The van der Waals surface area contributed by atoms with Crippen molar-refractivity contribution in [1.82, 2.24) is 0 Å². The molecule has 6 unspecified atom stereocenters. The molecule has 5 aliphatic carbocycles. The Morgan fingerprint density at radius 3 is 2.18 bits per heavy atom. The summed E-state index contributed by atoms with van der Waals surface area (Å²) in [5, 5.41) is 9.86. The summed E-state index contributed by atoms with van der Waals surface area (Å²) in [5.74, 6) is -0.376. The lowest BCUT2D eigenvalue weighted by molar-refractivity contribution is -0.191. The zero-order valence-electron chi connectivity index (χ0n) is 25.9. The van der Waals surface area contributed by atoms with Crippen LogP contribution in [0.3, 0.4) is 0 Å². The predicted molar refractivity (Wildman–Crippen MR) is 152 cm³/mol. The highest BCUT2D eigenvalue weighted by atomic mass is 16.5. The Labute approximate surface area is 235 Å². The van der Waals surface area contributed by atoms with Gasteiger partial charge in [0.05, 0.1) is 18.1 Å². The van der Waals surface area contributed by atoms with E-state index in [0.29, 0.717) is 0 Å². The Balaban J connectivity index is 0.00000172. The maximum atomic E-state index is 14.4. The van der Waals surface area contributed by atoms with Crippen molar-refractivity contribution in [3.05, 3.63) is 23.3 Å². The second-order valence-electron chi connectivity index (χ2n) is 14.9. The van der Waals surface area contributed by atoms with E-state index in [-0.39, 0.29) is 57.1 Å². The molecule has 0 saturated heterocycles. The van der Waals surface area contributed by atoms with Crippen LogP contribution in [0.5, 0.6) is 0 Å². The van der Waals surface area contributed by atoms with Gasteiger partial charge in [-0.25, -0.2) is 0 Å². The van der Waals surface area contributed by atoms with Crippen LogP contribution < -0.4 is 0 Å². The van der Waals surface area contributed by atoms with Crippen molar-refractivity contribution in [3.63, 3.8) is 0 Å². The molecule has 5 nitrogen and oxygen atoms in total. The number of ketones is 2. The topological polar surface area (TPSA) is 84.2 Å². The summed E-state index contributed by atoms with van der Waals surface area (Å²) in [5.41, 5.74) is -1.02. The Morgan fingerprint density at radius 2 is 1.59 bits per heavy atom. The molecule has 0 aromatic heterocycles. The number of methoxy groups -OCH3 is 1. The van der Waals surface area contributed by atoms with Crippen molar-refractivity contribution < 1.29 is 19.1 Å². The van der Waals surface area contributed by atoms with Crippen molar-refractivity contribution in [1.29, 1.82) is 5.26 Å². The standard InChI is InChI=1S/C32H43NO4.C2H6/c1-27(2)11-13-32(26(36)37-8)14-12-31(7)24(20(32)17-27)21(34)15-23-29(5)16-19(18-33)25(35)28(3,4)22(29)9-10-30(23,31)6;1-2/h15-16,20,22,24H,9-14,17H2,1-8H3;1-2H3/t20?,22?,24?,29?,30?,31-,32?;/m1./s1. The molecule has 39 heavy (non-hydrogen) atoms. The number of fused-ring (bicyclic) bond motifs is 7. The van der Waals surface area contributed by atoms with Crippen molar-refractivity contribution in [3.8, 4) is 6.07 Å². The van der Waals surface area contributed by atoms with E-state index in [1.807, 2.05) is 39.8 Å². The van der Waals surface area contributed by atoms with Gasteiger partial charge in [0.25, 0.3) is 0 Å². The summed E-state index contributed by atoms with van der Waals surface area (Å²) in [6.45, 7) is 19.2. The van der Waals surface area contributed by atoms with Gasteiger partial charge in [-0.15, -0.1) is 0 Å². The SMILES string of the molecule is CC.COC(=O)C12CCC(C)(C)CC1C1C(=O)C=C3C4(C)C=C(C#N)C(=O)C(C)(C)C4CCC3(C)[C@]1(C)CC2. The maximum Gasteiger partial charge on any atom is 0.312 e. The Bertz CT molecular complexity index is 1200. The highest BCUT2D eigenvalue weighted by Crippen LogP contribution is 2.74. The highest BCUT2D eigenvalue weighted by molar-refractivity contribution is 6.04. The molecule has 0 aromatic carbocycles. The summed E-state index contributed by atoms with van der Waals surface area (Å²) >= 11 is 0. The van der Waals surface area contributed by atoms with Gasteiger partial charge in [-0.05, 0) is 79.1 Å². The fourth-order valence-corrected chi connectivity index (χ4v) is 10.2. The third kappa shape index (κ3) is 3.72. The fraction of sp³-hybridized carbons (Fsp3) is 0.765. The highest BCUT2D eigenvalue weighted by Gasteiger charge is 2.71. The molecule has 0 amide bonds. The molecule has 3 saturated carbocycles. The molecule has 3 fully saturated rings. The van der Waals surface area contributed by atoms with Crippen molar-refractivity contribution in [2.45, 2.75) is 107 Å².